The van der Waals surface area contributed by atoms with Gasteiger partial charge in [-0.15, -0.1) is 0 Å². The first-order chi connectivity index (χ1) is 8.33. The molecule has 1 aromatic carbocycles. The molecule has 1 aromatic rings. The minimum absolute atomic E-state index is 0.132. The van der Waals surface area contributed by atoms with Crippen LogP contribution in [0.25, 0.3) is 0 Å². The molecule has 3 nitrogen and oxygen atoms in total. The van der Waals surface area contributed by atoms with Crippen LogP contribution in [0.4, 0.5) is 0 Å². The predicted octanol–water partition coefficient (Wildman–Crippen LogP) is 2.26. The number of carbonyl (C=O) groups is 1. The van der Waals surface area contributed by atoms with Gasteiger partial charge >= 0.3 is 0 Å². The molecule has 1 unspecified atom stereocenters. The molecule has 90 valence electrons. The maximum absolute atomic E-state index is 12.0. The standard InChI is InChI=1S/C14H16O3/c15-13-8-4-7-12(13)14(16-9-10-17-14)11-5-2-1-3-6-11/h1-3,5-6,12H,4,7-10H2. The Balaban J connectivity index is 2.01. The fraction of sp³-hybridized carbons (Fsp3) is 0.500. The Morgan fingerprint density at radius 3 is 2.41 bits per heavy atom. The maximum atomic E-state index is 12.0. The van der Waals surface area contributed by atoms with Crippen molar-refractivity contribution in [1.82, 2.24) is 0 Å². The van der Waals surface area contributed by atoms with Gasteiger partial charge in [0, 0.05) is 12.0 Å². The summed E-state index contributed by atoms with van der Waals surface area (Å²) in [7, 11) is 0. The summed E-state index contributed by atoms with van der Waals surface area (Å²) in [5, 5.41) is 0. The lowest BCUT2D eigenvalue weighted by molar-refractivity contribution is -0.202. The van der Waals surface area contributed by atoms with Crippen LogP contribution in [0.3, 0.4) is 0 Å². The highest BCUT2D eigenvalue weighted by Gasteiger charge is 2.50. The van der Waals surface area contributed by atoms with Crippen LogP contribution in [0.5, 0.6) is 0 Å². The Labute approximate surface area is 101 Å². The first kappa shape index (κ1) is 10.9. The summed E-state index contributed by atoms with van der Waals surface area (Å²) >= 11 is 0. The van der Waals surface area contributed by atoms with Crippen molar-refractivity contribution < 1.29 is 14.3 Å². The highest BCUT2D eigenvalue weighted by molar-refractivity contribution is 5.84. The highest BCUT2D eigenvalue weighted by atomic mass is 16.7. The lowest BCUT2D eigenvalue weighted by Crippen LogP contribution is -2.38. The molecular formula is C14H16O3. The van der Waals surface area contributed by atoms with E-state index in [1.165, 1.54) is 0 Å². The van der Waals surface area contributed by atoms with Gasteiger partial charge in [0.2, 0.25) is 5.79 Å². The van der Waals surface area contributed by atoms with Crippen molar-refractivity contribution in [1.29, 1.82) is 0 Å². The lowest BCUT2D eigenvalue weighted by atomic mass is 9.89. The van der Waals surface area contributed by atoms with E-state index in [-0.39, 0.29) is 11.7 Å². The summed E-state index contributed by atoms with van der Waals surface area (Å²) in [4.78, 5) is 12.0. The molecule has 2 aliphatic rings. The Bertz CT molecular complexity index is 407. The van der Waals surface area contributed by atoms with Gasteiger partial charge in [-0.05, 0) is 12.8 Å². The van der Waals surface area contributed by atoms with Gasteiger partial charge in [-0.1, -0.05) is 30.3 Å². The van der Waals surface area contributed by atoms with Crippen molar-refractivity contribution in [3.8, 4) is 0 Å². The van der Waals surface area contributed by atoms with Crippen LogP contribution in [0, 0.1) is 5.92 Å². The fourth-order valence-electron chi connectivity index (χ4n) is 2.89. The summed E-state index contributed by atoms with van der Waals surface area (Å²) in [5.41, 5.74) is 0.970. The predicted molar refractivity (Wildman–Crippen MR) is 62.4 cm³/mol. The van der Waals surface area contributed by atoms with Crippen LogP contribution >= 0.6 is 0 Å². The van der Waals surface area contributed by atoms with Gasteiger partial charge in [-0.3, -0.25) is 4.79 Å². The minimum Gasteiger partial charge on any atom is -0.343 e. The number of carbonyl (C=O) groups excluding carboxylic acids is 1. The van der Waals surface area contributed by atoms with Gasteiger partial charge in [0.1, 0.15) is 5.78 Å². The molecule has 1 saturated carbocycles. The van der Waals surface area contributed by atoms with E-state index in [0.29, 0.717) is 19.6 Å². The number of rotatable bonds is 2. The van der Waals surface area contributed by atoms with E-state index in [1.807, 2.05) is 30.3 Å². The second kappa shape index (κ2) is 4.24. The smallest absolute Gasteiger partial charge is 0.204 e. The van der Waals surface area contributed by atoms with Gasteiger partial charge in [0.15, 0.2) is 0 Å². The fourth-order valence-corrected chi connectivity index (χ4v) is 2.89. The average Bonchev–Trinajstić information content (AvgIpc) is 2.99. The zero-order valence-corrected chi connectivity index (χ0v) is 9.72. The van der Waals surface area contributed by atoms with Crippen LogP contribution in [-0.4, -0.2) is 19.0 Å². The molecule has 1 heterocycles. The topological polar surface area (TPSA) is 35.5 Å². The number of hydrogen-bond donors (Lipinski definition) is 0. The molecular weight excluding hydrogens is 216 g/mol. The molecule has 0 amide bonds. The van der Waals surface area contributed by atoms with Gasteiger partial charge in [-0.25, -0.2) is 0 Å². The summed E-state index contributed by atoms with van der Waals surface area (Å²) in [5.74, 6) is -0.669. The monoisotopic (exact) mass is 232 g/mol. The van der Waals surface area contributed by atoms with Crippen molar-refractivity contribution in [2.24, 2.45) is 5.92 Å². The molecule has 0 aromatic heterocycles. The Hall–Kier alpha value is -1.19. The van der Waals surface area contributed by atoms with Crippen molar-refractivity contribution in [3.63, 3.8) is 0 Å². The van der Waals surface area contributed by atoms with Gasteiger partial charge < -0.3 is 9.47 Å². The zero-order chi connectivity index (χ0) is 11.7. The van der Waals surface area contributed by atoms with E-state index in [1.54, 1.807) is 0 Å². The summed E-state index contributed by atoms with van der Waals surface area (Å²) in [6.45, 7) is 1.14. The third-order valence-electron chi connectivity index (χ3n) is 3.66. The third kappa shape index (κ3) is 1.70. The number of hydrogen-bond acceptors (Lipinski definition) is 3. The van der Waals surface area contributed by atoms with Crippen LogP contribution in [-0.2, 0) is 20.1 Å². The zero-order valence-electron chi connectivity index (χ0n) is 9.72. The molecule has 1 atom stereocenters. The molecule has 0 bridgehead atoms. The molecule has 1 saturated heterocycles. The molecule has 17 heavy (non-hydrogen) atoms. The van der Waals surface area contributed by atoms with Crippen LogP contribution < -0.4 is 0 Å². The van der Waals surface area contributed by atoms with E-state index < -0.39 is 5.79 Å². The van der Waals surface area contributed by atoms with E-state index in [0.717, 1.165) is 18.4 Å². The highest BCUT2D eigenvalue weighted by Crippen LogP contribution is 2.44. The van der Waals surface area contributed by atoms with Crippen LogP contribution in [0.1, 0.15) is 24.8 Å². The van der Waals surface area contributed by atoms with Gasteiger partial charge in [0.05, 0.1) is 19.1 Å². The first-order valence-corrected chi connectivity index (χ1v) is 6.19. The molecule has 2 fully saturated rings. The molecule has 0 spiro atoms. The van der Waals surface area contributed by atoms with Crippen molar-refractivity contribution in [2.75, 3.05) is 13.2 Å². The molecule has 0 N–H and O–H groups in total. The van der Waals surface area contributed by atoms with Crippen molar-refractivity contribution in [2.45, 2.75) is 25.0 Å². The number of ether oxygens (including phenoxy) is 2. The van der Waals surface area contributed by atoms with Crippen molar-refractivity contribution >= 4 is 5.78 Å². The number of ketones is 1. The second-order valence-corrected chi connectivity index (χ2v) is 4.64. The Morgan fingerprint density at radius 2 is 1.82 bits per heavy atom. The van der Waals surface area contributed by atoms with E-state index >= 15 is 0 Å². The maximum Gasteiger partial charge on any atom is 0.204 e. The third-order valence-corrected chi connectivity index (χ3v) is 3.66. The normalized spacial score (nSPS) is 27.5. The number of Topliss-reactive ketones (excluding diaryl/α,β-unsaturated/α-hetero) is 1. The number of benzene rings is 1. The average molecular weight is 232 g/mol. The van der Waals surface area contributed by atoms with E-state index in [2.05, 4.69) is 0 Å². The summed E-state index contributed by atoms with van der Waals surface area (Å²) in [6, 6.07) is 9.85. The van der Waals surface area contributed by atoms with E-state index in [9.17, 15) is 4.79 Å². The molecule has 1 aliphatic heterocycles. The Kier molecular flexibility index (Phi) is 2.73. The van der Waals surface area contributed by atoms with Gasteiger partial charge in [-0.2, -0.15) is 0 Å². The van der Waals surface area contributed by atoms with Crippen molar-refractivity contribution in [3.05, 3.63) is 35.9 Å². The van der Waals surface area contributed by atoms with Gasteiger partial charge in [0.25, 0.3) is 0 Å². The summed E-state index contributed by atoms with van der Waals surface area (Å²) in [6.07, 6.45) is 2.48. The SMILES string of the molecule is O=C1CCCC1C1(c2ccccc2)OCCO1. The molecule has 1 aliphatic carbocycles. The lowest BCUT2D eigenvalue weighted by Gasteiger charge is -2.32. The second-order valence-electron chi connectivity index (χ2n) is 4.64. The van der Waals surface area contributed by atoms with Crippen LogP contribution in [0.15, 0.2) is 30.3 Å². The first-order valence-electron chi connectivity index (χ1n) is 6.19. The Morgan fingerprint density at radius 1 is 1.12 bits per heavy atom. The molecule has 0 radical (unpaired) electrons. The minimum atomic E-state index is -0.811. The largest absolute Gasteiger partial charge is 0.343 e. The van der Waals surface area contributed by atoms with E-state index in [4.69, 9.17) is 9.47 Å². The molecule has 3 rings (SSSR count). The quantitative estimate of drug-likeness (QED) is 0.784. The summed E-state index contributed by atoms with van der Waals surface area (Å²) < 4.78 is 11.7. The van der Waals surface area contributed by atoms with Crippen LogP contribution in [0.2, 0.25) is 0 Å². The molecule has 3 heteroatoms.